The molecule has 0 spiro atoms. The van der Waals surface area contributed by atoms with E-state index in [-0.39, 0.29) is 18.5 Å². The maximum absolute atomic E-state index is 11.4. The number of likely N-dealkylation sites (N-methyl/N-ethyl adjacent to an activating group) is 1. The number of urea groups is 1. The molecule has 0 aliphatic carbocycles. The Morgan fingerprint density at radius 1 is 1.46 bits per heavy atom. The summed E-state index contributed by atoms with van der Waals surface area (Å²) in [5.41, 5.74) is 0. The van der Waals surface area contributed by atoms with Gasteiger partial charge >= 0.3 is 6.03 Å². The maximum atomic E-state index is 11.4. The molecule has 0 aromatic rings. The molecule has 0 N–H and O–H groups in total. The van der Waals surface area contributed by atoms with E-state index in [9.17, 15) is 14.4 Å². The van der Waals surface area contributed by atoms with Crippen molar-refractivity contribution in [3.63, 3.8) is 0 Å². The topological polar surface area (TPSA) is 57.7 Å². The van der Waals surface area contributed by atoms with E-state index in [0.717, 1.165) is 4.90 Å². The highest BCUT2D eigenvalue weighted by atomic mass is 16.2. The van der Waals surface area contributed by atoms with Crippen LogP contribution in [-0.4, -0.2) is 47.2 Å². The monoisotopic (exact) mass is 184 g/mol. The second-order valence-electron chi connectivity index (χ2n) is 2.86. The van der Waals surface area contributed by atoms with Gasteiger partial charge in [-0.15, -0.1) is 0 Å². The largest absolute Gasteiger partial charge is 0.327 e. The quantitative estimate of drug-likeness (QED) is 0.453. The molecule has 5 nitrogen and oxygen atoms in total. The molecular weight excluding hydrogens is 172 g/mol. The molecule has 1 rings (SSSR count). The molecule has 1 heterocycles. The van der Waals surface area contributed by atoms with Gasteiger partial charge in [-0.1, -0.05) is 0 Å². The number of carbonyl (C=O) groups excluding carboxylic acids is 3. The molecule has 1 fully saturated rings. The lowest BCUT2D eigenvalue weighted by Gasteiger charge is -2.14. The molecule has 0 aromatic carbocycles. The first-order valence-corrected chi connectivity index (χ1v) is 4.19. The molecule has 13 heavy (non-hydrogen) atoms. The lowest BCUT2D eigenvalue weighted by molar-refractivity contribution is -0.127. The number of aldehydes is 1. The van der Waals surface area contributed by atoms with Crippen molar-refractivity contribution in [1.29, 1.82) is 0 Å². The molecule has 1 unspecified atom stereocenters. The van der Waals surface area contributed by atoms with Crippen LogP contribution in [0, 0.1) is 0 Å². The van der Waals surface area contributed by atoms with Gasteiger partial charge < -0.3 is 9.69 Å². The molecule has 1 atom stereocenters. The third-order valence-electron chi connectivity index (χ3n) is 2.15. The Hall–Kier alpha value is -1.39. The molecule has 1 aliphatic rings. The predicted molar refractivity (Wildman–Crippen MR) is 45.0 cm³/mol. The molecule has 72 valence electrons. The number of imide groups is 1. The first kappa shape index (κ1) is 9.70. The first-order chi connectivity index (χ1) is 6.13. The SMILES string of the molecule is CCN1C(=O)C(C)N(CC=O)C1=O. The third kappa shape index (κ3) is 1.41. The normalized spacial score (nSPS) is 22.8. The van der Waals surface area contributed by atoms with Gasteiger partial charge in [-0.3, -0.25) is 9.69 Å². The standard InChI is InChI=1S/C8H12N2O3/c1-3-9-7(12)6(2)10(4-5-11)8(9)13/h5-6H,3-4H2,1-2H3. The molecule has 0 radical (unpaired) electrons. The van der Waals surface area contributed by atoms with Gasteiger partial charge in [0.1, 0.15) is 12.3 Å². The Labute approximate surface area is 76.3 Å². The molecule has 1 aliphatic heterocycles. The van der Waals surface area contributed by atoms with E-state index in [1.165, 1.54) is 4.90 Å². The van der Waals surface area contributed by atoms with Crippen LogP contribution in [0.1, 0.15) is 13.8 Å². The van der Waals surface area contributed by atoms with Gasteiger partial charge in [0.05, 0.1) is 6.54 Å². The van der Waals surface area contributed by atoms with Gasteiger partial charge in [-0.05, 0) is 13.8 Å². The van der Waals surface area contributed by atoms with Crippen molar-refractivity contribution in [2.75, 3.05) is 13.1 Å². The van der Waals surface area contributed by atoms with E-state index in [1.807, 2.05) is 0 Å². The van der Waals surface area contributed by atoms with Crippen LogP contribution >= 0.6 is 0 Å². The smallest absolute Gasteiger partial charge is 0.305 e. The van der Waals surface area contributed by atoms with Crippen molar-refractivity contribution in [1.82, 2.24) is 9.80 Å². The van der Waals surface area contributed by atoms with E-state index < -0.39 is 6.04 Å². The summed E-state index contributed by atoms with van der Waals surface area (Å²) >= 11 is 0. The van der Waals surface area contributed by atoms with Crippen molar-refractivity contribution < 1.29 is 14.4 Å². The van der Waals surface area contributed by atoms with E-state index in [1.54, 1.807) is 13.8 Å². The minimum absolute atomic E-state index is 0.0117. The van der Waals surface area contributed by atoms with Crippen molar-refractivity contribution in [3.05, 3.63) is 0 Å². The van der Waals surface area contributed by atoms with Gasteiger partial charge in [-0.2, -0.15) is 0 Å². The molecule has 0 saturated carbocycles. The van der Waals surface area contributed by atoms with Gasteiger partial charge in [0, 0.05) is 6.54 Å². The maximum Gasteiger partial charge on any atom is 0.327 e. The molecule has 0 aromatic heterocycles. The summed E-state index contributed by atoms with van der Waals surface area (Å²) in [6.07, 6.45) is 0.626. The summed E-state index contributed by atoms with van der Waals surface area (Å²) in [7, 11) is 0. The van der Waals surface area contributed by atoms with Crippen molar-refractivity contribution in [3.8, 4) is 0 Å². The lowest BCUT2D eigenvalue weighted by Crippen LogP contribution is -2.35. The van der Waals surface area contributed by atoms with Crippen LogP contribution in [0.4, 0.5) is 4.79 Å². The highest BCUT2D eigenvalue weighted by molar-refractivity contribution is 6.04. The zero-order valence-electron chi connectivity index (χ0n) is 7.69. The van der Waals surface area contributed by atoms with Crippen LogP contribution in [0.2, 0.25) is 0 Å². The Kier molecular flexibility index (Phi) is 2.65. The van der Waals surface area contributed by atoms with Crippen molar-refractivity contribution in [2.45, 2.75) is 19.9 Å². The van der Waals surface area contributed by atoms with Crippen LogP contribution in [0.15, 0.2) is 0 Å². The fourth-order valence-electron chi connectivity index (χ4n) is 1.38. The Balaban J connectivity index is 2.84. The fourth-order valence-corrected chi connectivity index (χ4v) is 1.38. The summed E-state index contributed by atoms with van der Waals surface area (Å²) < 4.78 is 0. The van der Waals surface area contributed by atoms with Crippen molar-refractivity contribution >= 4 is 18.2 Å². The minimum atomic E-state index is -0.502. The molecule has 5 heteroatoms. The average molecular weight is 184 g/mol. The highest BCUT2D eigenvalue weighted by Gasteiger charge is 2.40. The summed E-state index contributed by atoms with van der Waals surface area (Å²) in [4.78, 5) is 35.4. The first-order valence-electron chi connectivity index (χ1n) is 4.19. The predicted octanol–water partition coefficient (Wildman–Crippen LogP) is -0.142. The van der Waals surface area contributed by atoms with Gasteiger partial charge in [0.25, 0.3) is 5.91 Å². The van der Waals surface area contributed by atoms with E-state index in [2.05, 4.69) is 0 Å². The number of hydrogen-bond donors (Lipinski definition) is 0. The van der Waals surface area contributed by atoms with Crippen LogP contribution in [-0.2, 0) is 9.59 Å². The number of hydrogen-bond acceptors (Lipinski definition) is 3. The van der Waals surface area contributed by atoms with Crippen molar-refractivity contribution in [2.24, 2.45) is 0 Å². The van der Waals surface area contributed by atoms with Crippen LogP contribution in [0.3, 0.4) is 0 Å². The summed E-state index contributed by atoms with van der Waals surface area (Å²) in [5.74, 6) is -0.227. The third-order valence-corrected chi connectivity index (χ3v) is 2.15. The van der Waals surface area contributed by atoms with Crippen LogP contribution in [0.5, 0.6) is 0 Å². The van der Waals surface area contributed by atoms with Gasteiger partial charge in [0.2, 0.25) is 0 Å². The number of amides is 3. The van der Waals surface area contributed by atoms with Gasteiger partial charge in [-0.25, -0.2) is 4.79 Å². The Bertz CT molecular complexity index is 252. The lowest BCUT2D eigenvalue weighted by atomic mass is 10.3. The number of rotatable bonds is 3. The van der Waals surface area contributed by atoms with Crippen LogP contribution in [0.25, 0.3) is 0 Å². The van der Waals surface area contributed by atoms with Gasteiger partial charge in [0.15, 0.2) is 0 Å². The summed E-state index contributed by atoms with van der Waals surface area (Å²) in [6, 6.07) is -0.871. The summed E-state index contributed by atoms with van der Waals surface area (Å²) in [6.45, 7) is 3.70. The van der Waals surface area contributed by atoms with E-state index in [4.69, 9.17) is 0 Å². The fraction of sp³-hybridized carbons (Fsp3) is 0.625. The van der Waals surface area contributed by atoms with E-state index in [0.29, 0.717) is 12.8 Å². The molecule has 3 amide bonds. The second-order valence-corrected chi connectivity index (χ2v) is 2.86. The summed E-state index contributed by atoms with van der Waals surface area (Å²) in [5, 5.41) is 0. The zero-order valence-corrected chi connectivity index (χ0v) is 7.69. The van der Waals surface area contributed by atoms with Crippen LogP contribution < -0.4 is 0 Å². The Morgan fingerprint density at radius 3 is 2.46 bits per heavy atom. The average Bonchev–Trinajstić information content (AvgIpc) is 2.31. The molecule has 1 saturated heterocycles. The second kappa shape index (κ2) is 3.55. The zero-order chi connectivity index (χ0) is 10.0. The minimum Gasteiger partial charge on any atom is -0.305 e. The Morgan fingerprint density at radius 2 is 2.08 bits per heavy atom. The number of nitrogens with zero attached hydrogens (tertiary/aromatic N) is 2. The molecule has 0 bridgehead atoms. The molecular formula is C8H12N2O3. The highest BCUT2D eigenvalue weighted by Crippen LogP contribution is 2.15. The van der Waals surface area contributed by atoms with E-state index >= 15 is 0 Å². The number of carbonyl (C=O) groups is 3.